The Bertz CT molecular complexity index is 743. The third-order valence-electron chi connectivity index (χ3n) is 3.92. The highest BCUT2D eigenvalue weighted by atomic mass is 79.9. The third kappa shape index (κ3) is 3.45. The van der Waals surface area contributed by atoms with Gasteiger partial charge in [0, 0.05) is 23.1 Å². The Hall–Kier alpha value is -2.14. The lowest BCUT2D eigenvalue weighted by molar-refractivity contribution is -0.117. The van der Waals surface area contributed by atoms with E-state index in [9.17, 15) is 9.59 Å². The second-order valence-corrected chi connectivity index (χ2v) is 6.55. The van der Waals surface area contributed by atoms with Crippen LogP contribution in [0.15, 0.2) is 53.0 Å². The fourth-order valence-corrected chi connectivity index (χ4v) is 3.15. The van der Waals surface area contributed by atoms with Crippen LogP contribution in [0.25, 0.3) is 0 Å². The number of aryl methyl sites for hydroxylation is 1. The summed E-state index contributed by atoms with van der Waals surface area (Å²) in [4.78, 5) is 26.3. The molecule has 3 rings (SSSR count). The highest BCUT2D eigenvalue weighted by Gasteiger charge is 2.31. The van der Waals surface area contributed by atoms with Crippen molar-refractivity contribution in [1.82, 2.24) is 5.32 Å². The summed E-state index contributed by atoms with van der Waals surface area (Å²) in [5.41, 5.74) is 2.60. The molecule has 0 spiro atoms. The minimum atomic E-state index is -0.177. The molecule has 1 saturated heterocycles. The van der Waals surface area contributed by atoms with E-state index in [1.807, 2.05) is 49.4 Å². The van der Waals surface area contributed by atoms with E-state index in [1.165, 1.54) is 0 Å². The number of rotatable bonds is 3. The number of carbonyl (C=O) groups excluding carboxylic acids is 2. The molecule has 0 unspecified atom stereocenters. The fraction of sp³-hybridized carbons (Fsp3) is 0.222. The Morgan fingerprint density at radius 1 is 1.17 bits per heavy atom. The van der Waals surface area contributed by atoms with Crippen LogP contribution < -0.4 is 10.2 Å². The number of amides is 2. The first-order valence-corrected chi connectivity index (χ1v) is 8.26. The van der Waals surface area contributed by atoms with Gasteiger partial charge in [0.1, 0.15) is 0 Å². The number of carbonyl (C=O) groups is 2. The van der Waals surface area contributed by atoms with Gasteiger partial charge in [-0.05, 0) is 47.1 Å². The van der Waals surface area contributed by atoms with Crippen LogP contribution in [0.5, 0.6) is 0 Å². The number of nitrogens with one attached hydrogen (secondary N) is 1. The summed E-state index contributed by atoms with van der Waals surface area (Å²) in [5.74, 6) is -0.132. The quantitative estimate of drug-likeness (QED) is 0.898. The van der Waals surface area contributed by atoms with Gasteiger partial charge < -0.3 is 10.2 Å². The predicted octanol–water partition coefficient (Wildman–Crippen LogP) is 3.29. The average molecular weight is 373 g/mol. The van der Waals surface area contributed by atoms with E-state index in [0.717, 1.165) is 15.7 Å². The average Bonchev–Trinajstić information content (AvgIpc) is 2.89. The molecular formula is C18H17BrN2O2. The van der Waals surface area contributed by atoms with Crippen molar-refractivity contribution in [3.63, 3.8) is 0 Å². The number of halogens is 1. The molecule has 5 heteroatoms. The molecule has 4 nitrogen and oxygen atoms in total. The number of nitrogens with zero attached hydrogens (tertiary/aromatic N) is 1. The lowest BCUT2D eigenvalue weighted by atomic mass is 10.2. The van der Waals surface area contributed by atoms with Gasteiger partial charge in [0.05, 0.1) is 11.6 Å². The first kappa shape index (κ1) is 15.7. The Morgan fingerprint density at radius 2 is 1.87 bits per heavy atom. The van der Waals surface area contributed by atoms with Gasteiger partial charge in [-0.15, -0.1) is 0 Å². The Labute approximate surface area is 143 Å². The second kappa shape index (κ2) is 6.54. The molecule has 0 radical (unpaired) electrons. The summed E-state index contributed by atoms with van der Waals surface area (Å²) >= 11 is 3.38. The molecule has 0 aliphatic carbocycles. The van der Waals surface area contributed by atoms with Gasteiger partial charge in [0.2, 0.25) is 5.91 Å². The molecular weight excluding hydrogens is 356 g/mol. The van der Waals surface area contributed by atoms with E-state index < -0.39 is 0 Å². The maximum absolute atomic E-state index is 12.3. The van der Waals surface area contributed by atoms with Crippen LogP contribution in [0.3, 0.4) is 0 Å². The first-order chi connectivity index (χ1) is 11.0. The highest BCUT2D eigenvalue weighted by Crippen LogP contribution is 2.23. The zero-order valence-corrected chi connectivity index (χ0v) is 14.3. The van der Waals surface area contributed by atoms with E-state index in [0.29, 0.717) is 18.5 Å². The lowest BCUT2D eigenvalue weighted by Crippen LogP contribution is -2.37. The maximum Gasteiger partial charge on any atom is 0.252 e. The molecule has 1 aliphatic rings. The molecule has 2 amide bonds. The van der Waals surface area contributed by atoms with Crippen molar-refractivity contribution in [2.45, 2.75) is 19.4 Å². The molecule has 118 valence electrons. The largest absolute Gasteiger partial charge is 0.347 e. The SMILES string of the molecule is Cc1ccc(N2C[C@@H](NC(=O)c3ccccc3Br)CC2=O)cc1. The summed E-state index contributed by atoms with van der Waals surface area (Å²) in [7, 11) is 0. The first-order valence-electron chi connectivity index (χ1n) is 7.47. The van der Waals surface area contributed by atoms with Crippen LogP contribution in [0.2, 0.25) is 0 Å². The normalized spacial score (nSPS) is 17.4. The van der Waals surface area contributed by atoms with E-state index in [2.05, 4.69) is 21.2 Å². The van der Waals surface area contributed by atoms with Gasteiger partial charge >= 0.3 is 0 Å². The number of hydrogen-bond acceptors (Lipinski definition) is 2. The third-order valence-corrected chi connectivity index (χ3v) is 4.62. The van der Waals surface area contributed by atoms with Crippen molar-refractivity contribution in [2.24, 2.45) is 0 Å². The highest BCUT2D eigenvalue weighted by molar-refractivity contribution is 9.10. The van der Waals surface area contributed by atoms with Crippen LogP contribution in [-0.2, 0) is 4.79 Å². The zero-order valence-electron chi connectivity index (χ0n) is 12.8. The molecule has 1 aliphatic heterocycles. The van der Waals surface area contributed by atoms with Crippen LogP contribution in [-0.4, -0.2) is 24.4 Å². The molecule has 1 N–H and O–H groups in total. The maximum atomic E-state index is 12.3. The molecule has 0 saturated carbocycles. The molecule has 2 aromatic rings. The monoisotopic (exact) mass is 372 g/mol. The van der Waals surface area contributed by atoms with E-state index in [-0.39, 0.29) is 17.9 Å². The molecule has 23 heavy (non-hydrogen) atoms. The molecule has 1 fully saturated rings. The topological polar surface area (TPSA) is 49.4 Å². The van der Waals surface area contributed by atoms with E-state index in [4.69, 9.17) is 0 Å². The number of hydrogen-bond donors (Lipinski definition) is 1. The fourth-order valence-electron chi connectivity index (χ4n) is 2.69. The number of benzene rings is 2. The van der Waals surface area contributed by atoms with Gasteiger partial charge in [-0.3, -0.25) is 9.59 Å². The second-order valence-electron chi connectivity index (χ2n) is 5.69. The minimum absolute atomic E-state index is 0.0336. The Kier molecular flexibility index (Phi) is 4.48. The van der Waals surface area contributed by atoms with Gasteiger partial charge in [0.15, 0.2) is 0 Å². The van der Waals surface area contributed by atoms with Crippen molar-refractivity contribution in [3.8, 4) is 0 Å². The summed E-state index contributed by atoms with van der Waals surface area (Å²) in [5, 5.41) is 2.95. The van der Waals surface area contributed by atoms with Gasteiger partial charge in [-0.25, -0.2) is 0 Å². The van der Waals surface area contributed by atoms with Crippen molar-refractivity contribution in [1.29, 1.82) is 0 Å². The number of anilines is 1. The molecule has 1 heterocycles. The van der Waals surface area contributed by atoms with Crippen molar-refractivity contribution in [3.05, 3.63) is 64.1 Å². The standard InChI is InChI=1S/C18H17BrN2O2/c1-12-6-8-14(9-7-12)21-11-13(10-17(21)22)20-18(23)15-4-2-3-5-16(15)19/h2-9,13H,10-11H2,1H3,(H,20,23)/t13-/m0/s1. The van der Waals surface area contributed by atoms with Gasteiger partial charge in [-0.1, -0.05) is 29.8 Å². The lowest BCUT2D eigenvalue weighted by Gasteiger charge is -2.17. The predicted molar refractivity (Wildman–Crippen MR) is 93.5 cm³/mol. The van der Waals surface area contributed by atoms with Gasteiger partial charge in [-0.2, -0.15) is 0 Å². The molecule has 2 aromatic carbocycles. The molecule has 0 aromatic heterocycles. The van der Waals surface area contributed by atoms with Crippen molar-refractivity contribution >= 4 is 33.4 Å². The van der Waals surface area contributed by atoms with E-state index >= 15 is 0 Å². The zero-order chi connectivity index (χ0) is 16.4. The summed E-state index contributed by atoms with van der Waals surface area (Å²) in [6.45, 7) is 2.51. The van der Waals surface area contributed by atoms with Crippen LogP contribution in [0, 0.1) is 6.92 Å². The van der Waals surface area contributed by atoms with Crippen LogP contribution in [0.4, 0.5) is 5.69 Å². The van der Waals surface area contributed by atoms with Crippen molar-refractivity contribution < 1.29 is 9.59 Å². The van der Waals surface area contributed by atoms with Gasteiger partial charge in [0.25, 0.3) is 5.91 Å². The molecule has 1 atom stereocenters. The summed E-state index contributed by atoms with van der Waals surface area (Å²) < 4.78 is 0.747. The smallest absolute Gasteiger partial charge is 0.252 e. The Morgan fingerprint density at radius 3 is 2.57 bits per heavy atom. The Balaban J connectivity index is 1.69. The van der Waals surface area contributed by atoms with E-state index in [1.54, 1.807) is 11.0 Å². The minimum Gasteiger partial charge on any atom is -0.347 e. The van der Waals surface area contributed by atoms with Crippen LogP contribution >= 0.6 is 15.9 Å². The van der Waals surface area contributed by atoms with Crippen LogP contribution in [0.1, 0.15) is 22.3 Å². The molecule has 0 bridgehead atoms. The van der Waals surface area contributed by atoms with Crippen molar-refractivity contribution in [2.75, 3.05) is 11.4 Å². The summed E-state index contributed by atoms with van der Waals surface area (Å²) in [6.07, 6.45) is 0.323. The summed E-state index contributed by atoms with van der Waals surface area (Å²) in [6, 6.07) is 14.9.